The van der Waals surface area contributed by atoms with Crippen molar-refractivity contribution in [3.05, 3.63) is 54.7 Å². The summed E-state index contributed by atoms with van der Waals surface area (Å²) in [4.78, 5) is 28.0. The van der Waals surface area contributed by atoms with E-state index in [0.717, 1.165) is 33.9 Å². The highest BCUT2D eigenvalue weighted by atomic mass is 127. The second kappa shape index (κ2) is 8.41. The second-order valence-corrected chi connectivity index (χ2v) is 9.53. The number of halogens is 2. The van der Waals surface area contributed by atoms with Crippen LogP contribution in [0.3, 0.4) is 0 Å². The van der Waals surface area contributed by atoms with Crippen LogP contribution in [-0.4, -0.2) is 17.6 Å². The van der Waals surface area contributed by atoms with Gasteiger partial charge < -0.3 is 9.72 Å². The van der Waals surface area contributed by atoms with Crippen LogP contribution in [0.15, 0.2) is 35.1 Å². The third-order valence-corrected chi connectivity index (χ3v) is 5.77. The number of para-hydroxylation sites is 1. The van der Waals surface area contributed by atoms with Gasteiger partial charge in [0.15, 0.2) is 5.43 Å². The summed E-state index contributed by atoms with van der Waals surface area (Å²) in [6.45, 7) is 5.98. The van der Waals surface area contributed by atoms with Crippen LogP contribution in [0.2, 0.25) is 5.02 Å². The lowest BCUT2D eigenvalue weighted by molar-refractivity contribution is -0.153. The number of ether oxygens (including phenoxy) is 1. The van der Waals surface area contributed by atoms with E-state index in [1.807, 2.05) is 26.8 Å². The van der Waals surface area contributed by atoms with Crippen LogP contribution >= 0.6 is 34.2 Å². The number of benzene rings is 2. The van der Waals surface area contributed by atoms with Crippen molar-refractivity contribution in [2.75, 3.05) is 6.61 Å². The quantitative estimate of drug-likeness (QED) is 0.202. The molecule has 0 unspecified atom stereocenters. The number of H-pyrrole nitrogens is 1. The van der Waals surface area contributed by atoms with Crippen molar-refractivity contribution in [2.24, 2.45) is 5.41 Å². The molecule has 1 N–H and O–H groups in total. The number of rotatable bonds is 5. The predicted molar refractivity (Wildman–Crippen MR) is 123 cm³/mol. The van der Waals surface area contributed by atoms with Crippen LogP contribution in [0.4, 0.5) is 0 Å². The fraction of sp³-hybridized carbons (Fsp3) is 0.364. The molecule has 0 aliphatic carbocycles. The summed E-state index contributed by atoms with van der Waals surface area (Å²) in [7, 11) is 0. The molecule has 0 bridgehead atoms. The number of hydrogen-bond donors (Lipinski definition) is 1. The minimum atomic E-state index is -0.468. The van der Waals surface area contributed by atoms with Gasteiger partial charge in [0, 0.05) is 8.96 Å². The Labute approximate surface area is 182 Å². The Hall–Kier alpha value is -1.60. The number of aromatic amines is 1. The molecule has 3 aromatic rings. The maximum atomic E-state index is 12.9. The van der Waals surface area contributed by atoms with E-state index in [1.165, 1.54) is 0 Å². The van der Waals surface area contributed by atoms with E-state index in [9.17, 15) is 9.59 Å². The first-order valence-corrected chi connectivity index (χ1v) is 10.7. The molecule has 0 fully saturated rings. The van der Waals surface area contributed by atoms with Crippen molar-refractivity contribution in [1.82, 2.24) is 4.98 Å². The maximum Gasteiger partial charge on any atom is 0.311 e. The predicted octanol–water partition coefficient (Wildman–Crippen LogP) is 5.85. The van der Waals surface area contributed by atoms with Crippen molar-refractivity contribution in [3.63, 3.8) is 0 Å². The number of unbranched alkanes of at least 4 members (excludes halogenated alkanes) is 1. The Kier molecular flexibility index (Phi) is 6.34. The van der Waals surface area contributed by atoms with Gasteiger partial charge in [0.05, 0.1) is 33.5 Å². The molecule has 0 amide bonds. The molecule has 148 valence electrons. The van der Waals surface area contributed by atoms with Gasteiger partial charge in [-0.25, -0.2) is 0 Å². The Morgan fingerprint density at radius 2 is 1.96 bits per heavy atom. The van der Waals surface area contributed by atoms with Gasteiger partial charge in [0.2, 0.25) is 0 Å². The average Bonchev–Trinajstić information content (AvgIpc) is 2.61. The topological polar surface area (TPSA) is 59.2 Å². The van der Waals surface area contributed by atoms with E-state index in [2.05, 4.69) is 33.6 Å². The van der Waals surface area contributed by atoms with Crippen molar-refractivity contribution < 1.29 is 9.53 Å². The average molecular weight is 512 g/mol. The van der Waals surface area contributed by atoms with Crippen molar-refractivity contribution in [2.45, 2.75) is 40.0 Å². The van der Waals surface area contributed by atoms with Crippen LogP contribution in [0, 0.1) is 8.99 Å². The lowest BCUT2D eigenvalue weighted by atomic mass is 9.97. The lowest BCUT2D eigenvalue weighted by Crippen LogP contribution is -2.23. The molecular formula is C22H23ClINO3. The van der Waals surface area contributed by atoms with Crippen LogP contribution in [0.5, 0.6) is 0 Å². The van der Waals surface area contributed by atoms with Gasteiger partial charge in [-0.2, -0.15) is 0 Å². The van der Waals surface area contributed by atoms with E-state index < -0.39 is 5.41 Å². The normalized spacial score (nSPS) is 11.9. The first-order chi connectivity index (χ1) is 13.2. The van der Waals surface area contributed by atoms with E-state index in [0.29, 0.717) is 27.9 Å². The molecule has 28 heavy (non-hydrogen) atoms. The third kappa shape index (κ3) is 4.51. The van der Waals surface area contributed by atoms with Crippen LogP contribution < -0.4 is 5.43 Å². The van der Waals surface area contributed by atoms with Gasteiger partial charge in [-0.15, -0.1) is 0 Å². The minimum Gasteiger partial charge on any atom is -0.465 e. The Morgan fingerprint density at radius 3 is 2.68 bits per heavy atom. The number of aromatic nitrogens is 1. The standard InChI is InChI=1S/C22H23ClINO3/c1-22(2,3)21(27)28-10-5-4-7-13-11-16(24)18-17(12-13)25-19-14(20(18)26)8-6-9-15(19)23/h6,8-9,11-12H,4-5,7,10H2,1-3H3,(H,25,26). The zero-order valence-electron chi connectivity index (χ0n) is 16.2. The third-order valence-electron chi connectivity index (χ3n) is 4.60. The number of fused-ring (bicyclic) bond motifs is 2. The molecule has 3 rings (SSSR count). The Morgan fingerprint density at radius 1 is 1.21 bits per heavy atom. The summed E-state index contributed by atoms with van der Waals surface area (Å²) < 4.78 is 6.24. The Bertz CT molecular complexity index is 1100. The molecule has 0 atom stereocenters. The van der Waals surface area contributed by atoms with E-state index >= 15 is 0 Å². The summed E-state index contributed by atoms with van der Waals surface area (Å²) in [5.74, 6) is -0.172. The minimum absolute atomic E-state index is 0.00343. The zero-order chi connectivity index (χ0) is 20.5. The highest BCUT2D eigenvalue weighted by Crippen LogP contribution is 2.26. The van der Waals surface area contributed by atoms with Crippen LogP contribution in [-0.2, 0) is 16.0 Å². The molecule has 1 heterocycles. The maximum absolute atomic E-state index is 12.9. The van der Waals surface area contributed by atoms with Crippen molar-refractivity contribution >= 4 is 62.0 Å². The van der Waals surface area contributed by atoms with Gasteiger partial charge in [0.25, 0.3) is 0 Å². The molecular weight excluding hydrogens is 489 g/mol. The first kappa shape index (κ1) is 21.1. The molecule has 6 heteroatoms. The van der Waals surface area contributed by atoms with Gasteiger partial charge in [-0.3, -0.25) is 9.59 Å². The highest BCUT2D eigenvalue weighted by molar-refractivity contribution is 14.1. The van der Waals surface area contributed by atoms with Gasteiger partial charge in [0.1, 0.15) is 0 Å². The molecule has 0 aliphatic heterocycles. The summed E-state index contributed by atoms with van der Waals surface area (Å²) >= 11 is 8.49. The van der Waals surface area contributed by atoms with Gasteiger partial charge in [-0.1, -0.05) is 17.7 Å². The first-order valence-electron chi connectivity index (χ1n) is 9.28. The molecule has 0 radical (unpaired) electrons. The largest absolute Gasteiger partial charge is 0.465 e. The zero-order valence-corrected chi connectivity index (χ0v) is 19.1. The van der Waals surface area contributed by atoms with Gasteiger partial charge in [-0.05, 0) is 92.5 Å². The number of hydrogen-bond acceptors (Lipinski definition) is 3. The van der Waals surface area contributed by atoms with Crippen LogP contribution in [0.25, 0.3) is 21.8 Å². The second-order valence-electron chi connectivity index (χ2n) is 7.96. The summed E-state index contributed by atoms with van der Waals surface area (Å²) in [6, 6.07) is 9.43. The number of nitrogens with one attached hydrogen (secondary N) is 1. The number of esters is 1. The smallest absolute Gasteiger partial charge is 0.311 e. The SMILES string of the molecule is CC(C)(C)C(=O)OCCCCc1cc(I)c2c(=O)c3cccc(Cl)c3[nH]c2c1. The fourth-order valence-electron chi connectivity index (χ4n) is 3.06. The van der Waals surface area contributed by atoms with Crippen molar-refractivity contribution in [1.29, 1.82) is 0 Å². The molecule has 4 nitrogen and oxygen atoms in total. The van der Waals surface area contributed by atoms with E-state index in [-0.39, 0.29) is 11.4 Å². The monoisotopic (exact) mass is 511 g/mol. The number of pyridine rings is 1. The number of aryl methyl sites for hydroxylation is 1. The van der Waals surface area contributed by atoms with Gasteiger partial charge >= 0.3 is 5.97 Å². The molecule has 0 saturated heterocycles. The van der Waals surface area contributed by atoms with Crippen LogP contribution in [0.1, 0.15) is 39.2 Å². The van der Waals surface area contributed by atoms with Crippen molar-refractivity contribution in [3.8, 4) is 0 Å². The molecule has 0 spiro atoms. The summed E-state index contributed by atoms with van der Waals surface area (Å²) in [5, 5.41) is 1.84. The summed E-state index contributed by atoms with van der Waals surface area (Å²) in [5.41, 5.74) is 2.14. The highest BCUT2D eigenvalue weighted by Gasteiger charge is 2.22. The lowest BCUT2D eigenvalue weighted by Gasteiger charge is -2.16. The van der Waals surface area contributed by atoms with E-state index in [1.54, 1.807) is 18.2 Å². The molecule has 2 aromatic carbocycles. The fourth-order valence-corrected chi connectivity index (χ4v) is 4.22. The molecule has 0 saturated carbocycles. The molecule has 1 aromatic heterocycles. The number of carbonyl (C=O) groups excluding carboxylic acids is 1. The summed E-state index contributed by atoms with van der Waals surface area (Å²) in [6.07, 6.45) is 2.55. The van der Waals surface area contributed by atoms with E-state index in [4.69, 9.17) is 16.3 Å². The number of carbonyl (C=O) groups is 1. The molecule has 0 aliphatic rings. The Balaban J connectivity index is 1.77.